The lowest BCUT2D eigenvalue weighted by molar-refractivity contribution is 0.685. The van der Waals surface area contributed by atoms with Crippen molar-refractivity contribution >= 4 is 11.8 Å². The molecule has 2 heterocycles. The maximum atomic E-state index is 4.47. The Balaban J connectivity index is 2.16. The van der Waals surface area contributed by atoms with E-state index >= 15 is 0 Å². The van der Waals surface area contributed by atoms with E-state index < -0.39 is 0 Å². The molecule has 2 aromatic rings. The van der Waals surface area contributed by atoms with Crippen LogP contribution in [0.15, 0.2) is 18.6 Å². The first kappa shape index (κ1) is 12.3. The van der Waals surface area contributed by atoms with Gasteiger partial charge in [-0.3, -0.25) is 4.68 Å². The number of rotatable bonds is 4. The second kappa shape index (κ2) is 4.99. The summed E-state index contributed by atoms with van der Waals surface area (Å²) >= 11 is 0. The van der Waals surface area contributed by atoms with Crippen molar-refractivity contribution in [1.82, 2.24) is 24.7 Å². The lowest BCUT2D eigenvalue weighted by atomic mass is 10.4. The number of aromatic nitrogens is 5. The van der Waals surface area contributed by atoms with Crippen molar-refractivity contribution in [3.05, 3.63) is 24.4 Å². The largest absolute Gasteiger partial charge is 0.352 e. The zero-order valence-electron chi connectivity index (χ0n) is 11.1. The van der Waals surface area contributed by atoms with E-state index in [0.717, 1.165) is 11.6 Å². The van der Waals surface area contributed by atoms with Crippen molar-refractivity contribution in [1.29, 1.82) is 0 Å². The first-order valence-corrected chi connectivity index (χ1v) is 5.62. The summed E-state index contributed by atoms with van der Waals surface area (Å²) in [6.07, 6.45) is 3.30. The van der Waals surface area contributed by atoms with Crippen LogP contribution in [0.1, 0.15) is 5.82 Å². The smallest absolute Gasteiger partial charge is 0.226 e. The summed E-state index contributed by atoms with van der Waals surface area (Å²) in [5.41, 5.74) is 0. The van der Waals surface area contributed by atoms with Crippen LogP contribution in [0.25, 0.3) is 0 Å². The molecule has 18 heavy (non-hydrogen) atoms. The minimum Gasteiger partial charge on any atom is -0.352 e. The third-order valence-electron chi connectivity index (χ3n) is 2.60. The molecule has 0 N–H and O–H groups in total. The molecule has 0 radical (unpaired) electrons. The average Bonchev–Trinajstić information content (AvgIpc) is 2.75. The van der Waals surface area contributed by atoms with E-state index in [0.29, 0.717) is 12.5 Å². The van der Waals surface area contributed by atoms with Crippen LogP contribution in [0.3, 0.4) is 0 Å². The zero-order chi connectivity index (χ0) is 13.1. The summed E-state index contributed by atoms with van der Waals surface area (Å²) in [5.74, 6) is 2.44. The zero-order valence-corrected chi connectivity index (χ0v) is 11.1. The van der Waals surface area contributed by atoms with Gasteiger partial charge in [0.15, 0.2) is 0 Å². The van der Waals surface area contributed by atoms with Crippen LogP contribution in [-0.4, -0.2) is 45.9 Å². The topological polar surface area (TPSA) is 63.0 Å². The highest BCUT2D eigenvalue weighted by atomic mass is 15.3. The van der Waals surface area contributed by atoms with Crippen molar-refractivity contribution in [2.75, 3.05) is 30.9 Å². The molecule has 0 fully saturated rings. The van der Waals surface area contributed by atoms with Crippen LogP contribution in [0.2, 0.25) is 0 Å². The molecule has 7 nitrogen and oxygen atoms in total. The van der Waals surface area contributed by atoms with Gasteiger partial charge in [-0.1, -0.05) is 0 Å². The normalized spacial score (nSPS) is 10.4. The molecule has 7 heteroatoms. The molecule has 0 unspecified atom stereocenters. The summed E-state index contributed by atoms with van der Waals surface area (Å²) in [7, 11) is 7.68. The van der Waals surface area contributed by atoms with E-state index in [1.807, 2.05) is 44.1 Å². The van der Waals surface area contributed by atoms with E-state index in [-0.39, 0.29) is 0 Å². The quantitative estimate of drug-likeness (QED) is 0.774. The van der Waals surface area contributed by atoms with Gasteiger partial charge in [0.25, 0.3) is 0 Å². The molecule has 0 aliphatic carbocycles. The Labute approximate surface area is 106 Å². The van der Waals surface area contributed by atoms with E-state index in [1.165, 1.54) is 0 Å². The molecule has 2 rings (SSSR count). The summed E-state index contributed by atoms with van der Waals surface area (Å²) in [4.78, 5) is 16.7. The lowest BCUT2D eigenvalue weighted by Crippen LogP contribution is -2.22. The molecule has 0 aliphatic heterocycles. The Morgan fingerprint density at radius 2 is 2.00 bits per heavy atom. The third kappa shape index (κ3) is 2.55. The van der Waals surface area contributed by atoms with E-state index in [2.05, 4.69) is 20.1 Å². The Kier molecular flexibility index (Phi) is 3.40. The van der Waals surface area contributed by atoms with Crippen LogP contribution in [-0.2, 0) is 13.6 Å². The number of hydrogen-bond acceptors (Lipinski definition) is 6. The molecule has 0 atom stereocenters. The van der Waals surface area contributed by atoms with Crippen LogP contribution in [0.4, 0.5) is 11.8 Å². The molecule has 96 valence electrons. The molecule has 0 saturated carbocycles. The highest BCUT2D eigenvalue weighted by Gasteiger charge is 2.09. The van der Waals surface area contributed by atoms with Crippen LogP contribution >= 0.6 is 0 Å². The van der Waals surface area contributed by atoms with Gasteiger partial charge in [-0.2, -0.15) is 10.1 Å². The Morgan fingerprint density at radius 1 is 1.22 bits per heavy atom. The van der Waals surface area contributed by atoms with Crippen molar-refractivity contribution in [3.8, 4) is 0 Å². The summed E-state index contributed by atoms with van der Waals surface area (Å²) in [5, 5.41) is 4.05. The summed E-state index contributed by atoms with van der Waals surface area (Å²) in [6.45, 7) is 0.653. The maximum absolute atomic E-state index is 4.47. The van der Waals surface area contributed by atoms with Crippen molar-refractivity contribution in [2.45, 2.75) is 6.54 Å². The minimum absolute atomic E-state index is 0.653. The number of hydrogen-bond donors (Lipinski definition) is 0. The molecule has 0 spiro atoms. The molecule has 0 aliphatic rings. The monoisotopic (exact) mass is 247 g/mol. The van der Waals surface area contributed by atoms with Gasteiger partial charge in [0.2, 0.25) is 5.95 Å². The first-order chi connectivity index (χ1) is 8.58. The Hall–Kier alpha value is -2.18. The third-order valence-corrected chi connectivity index (χ3v) is 2.60. The Morgan fingerprint density at radius 3 is 2.61 bits per heavy atom. The van der Waals surface area contributed by atoms with Gasteiger partial charge in [0, 0.05) is 34.4 Å². The first-order valence-electron chi connectivity index (χ1n) is 5.62. The van der Waals surface area contributed by atoms with Gasteiger partial charge >= 0.3 is 0 Å². The van der Waals surface area contributed by atoms with Crippen molar-refractivity contribution in [2.24, 2.45) is 7.05 Å². The standard InChI is InChI=1S/C11H17N7/c1-16(2)11-12-6-5-9(15-11)17(3)7-10-13-8-14-18(10)4/h5-6,8H,7H2,1-4H3. The van der Waals surface area contributed by atoms with Crippen molar-refractivity contribution in [3.63, 3.8) is 0 Å². The summed E-state index contributed by atoms with van der Waals surface area (Å²) in [6, 6.07) is 1.88. The van der Waals surface area contributed by atoms with Gasteiger partial charge in [0.05, 0.1) is 6.54 Å². The molecular weight excluding hydrogens is 230 g/mol. The van der Waals surface area contributed by atoms with Crippen molar-refractivity contribution < 1.29 is 0 Å². The van der Waals surface area contributed by atoms with E-state index in [1.54, 1.807) is 17.2 Å². The lowest BCUT2D eigenvalue weighted by Gasteiger charge is -2.19. The number of nitrogens with zero attached hydrogens (tertiary/aromatic N) is 7. The number of aryl methyl sites for hydroxylation is 1. The van der Waals surface area contributed by atoms with E-state index in [9.17, 15) is 0 Å². The highest BCUT2D eigenvalue weighted by molar-refractivity contribution is 5.42. The predicted octanol–water partition coefficient (Wildman–Crippen LogP) is 0.307. The summed E-state index contributed by atoms with van der Waals surface area (Å²) < 4.78 is 1.75. The molecule has 0 aromatic carbocycles. The second-order valence-corrected chi connectivity index (χ2v) is 4.27. The van der Waals surface area contributed by atoms with Crippen LogP contribution < -0.4 is 9.80 Å². The predicted molar refractivity (Wildman–Crippen MR) is 69.5 cm³/mol. The fraction of sp³-hybridized carbons (Fsp3) is 0.455. The highest BCUT2D eigenvalue weighted by Crippen LogP contribution is 2.13. The molecular formula is C11H17N7. The van der Waals surface area contributed by atoms with Gasteiger partial charge < -0.3 is 9.80 Å². The van der Waals surface area contributed by atoms with Gasteiger partial charge in [0.1, 0.15) is 18.0 Å². The second-order valence-electron chi connectivity index (χ2n) is 4.27. The average molecular weight is 247 g/mol. The molecule has 0 saturated heterocycles. The van der Waals surface area contributed by atoms with Gasteiger partial charge in [-0.15, -0.1) is 0 Å². The fourth-order valence-electron chi connectivity index (χ4n) is 1.52. The molecule has 2 aromatic heterocycles. The van der Waals surface area contributed by atoms with E-state index in [4.69, 9.17) is 0 Å². The SMILES string of the molecule is CN(C)c1nccc(N(C)Cc2ncnn2C)n1. The van der Waals surface area contributed by atoms with Crippen LogP contribution in [0, 0.1) is 0 Å². The molecule has 0 amide bonds. The number of anilines is 2. The van der Waals surface area contributed by atoms with Gasteiger partial charge in [-0.25, -0.2) is 9.97 Å². The van der Waals surface area contributed by atoms with Crippen LogP contribution in [0.5, 0.6) is 0 Å². The Bertz CT molecular complexity index is 520. The fourth-order valence-corrected chi connectivity index (χ4v) is 1.52. The van der Waals surface area contributed by atoms with Gasteiger partial charge in [-0.05, 0) is 6.07 Å². The maximum Gasteiger partial charge on any atom is 0.226 e. The molecule has 0 bridgehead atoms. The minimum atomic E-state index is 0.653.